The standard InChI is InChI=1S/C17H22IN3O3/c1-9(2)14(17(3,23)24)21-8-10-12(18-4)6-19-15-13(10)11(16(21)22)7-20(15)5/h6-7,9,14,23-24H,4,8H2,1-3,5H3/t14-/m1/s1. The number of aromatic nitrogens is 2. The lowest BCUT2D eigenvalue weighted by molar-refractivity contribution is -0.197. The van der Waals surface area contributed by atoms with Gasteiger partial charge in [-0.05, 0) is 18.4 Å². The van der Waals surface area contributed by atoms with Crippen molar-refractivity contribution in [1.82, 2.24) is 14.5 Å². The minimum atomic E-state index is -1.97. The zero-order chi connectivity index (χ0) is 17.8. The first-order valence-electron chi connectivity index (χ1n) is 7.77. The molecule has 0 spiro atoms. The molecule has 2 N–H and O–H groups in total. The third-order valence-corrected chi connectivity index (χ3v) is 6.28. The minimum Gasteiger partial charge on any atom is -0.364 e. The largest absolute Gasteiger partial charge is 0.364 e. The van der Waals surface area contributed by atoms with Gasteiger partial charge in [-0.3, -0.25) is 4.79 Å². The fraction of sp³-hybridized carbons (Fsp3) is 0.471. The monoisotopic (exact) mass is 443 g/mol. The number of carbonyl (C=O) groups excluding carboxylic acids is 1. The molecular formula is C17H22IN3O3. The molecule has 0 radical (unpaired) electrons. The van der Waals surface area contributed by atoms with Gasteiger partial charge in [0.15, 0.2) is 5.79 Å². The molecule has 1 amide bonds. The lowest BCUT2D eigenvalue weighted by Gasteiger charge is -2.42. The molecule has 2 aromatic heterocycles. The maximum atomic E-state index is 13.1. The van der Waals surface area contributed by atoms with E-state index in [1.165, 1.54) is 6.92 Å². The van der Waals surface area contributed by atoms with Crippen molar-refractivity contribution in [2.75, 3.05) is 0 Å². The van der Waals surface area contributed by atoms with Crippen LogP contribution in [0.5, 0.6) is 0 Å². The van der Waals surface area contributed by atoms with Gasteiger partial charge in [0.25, 0.3) is 5.91 Å². The first-order valence-corrected chi connectivity index (χ1v) is 10.4. The lowest BCUT2D eigenvalue weighted by atomic mass is 9.91. The average molecular weight is 443 g/mol. The zero-order valence-corrected chi connectivity index (χ0v) is 16.4. The summed E-state index contributed by atoms with van der Waals surface area (Å²) in [5, 5.41) is 21.3. The van der Waals surface area contributed by atoms with Crippen LogP contribution in [-0.2, 0) is 13.6 Å². The Labute approximate surface area is 150 Å². The molecule has 3 heterocycles. The summed E-state index contributed by atoms with van der Waals surface area (Å²) in [5.41, 5.74) is 2.41. The van der Waals surface area contributed by atoms with Crippen LogP contribution in [0.25, 0.3) is 11.0 Å². The van der Waals surface area contributed by atoms with Gasteiger partial charge in [-0.1, -0.05) is 39.1 Å². The number of amides is 1. The van der Waals surface area contributed by atoms with E-state index in [-0.39, 0.29) is 11.8 Å². The third-order valence-electron chi connectivity index (χ3n) is 4.53. The van der Waals surface area contributed by atoms with Crippen molar-refractivity contribution < 1.29 is 15.0 Å². The van der Waals surface area contributed by atoms with E-state index in [0.29, 0.717) is 12.1 Å². The fourth-order valence-corrected chi connectivity index (χ4v) is 4.96. The molecule has 0 fully saturated rings. The Morgan fingerprint density at radius 1 is 1.42 bits per heavy atom. The van der Waals surface area contributed by atoms with Crippen LogP contribution < -0.4 is 0 Å². The first-order chi connectivity index (χ1) is 11.2. The molecule has 6 nitrogen and oxygen atoms in total. The van der Waals surface area contributed by atoms with Gasteiger partial charge in [0.1, 0.15) is 5.65 Å². The van der Waals surface area contributed by atoms with Crippen LogP contribution in [0, 0.1) is 9.49 Å². The summed E-state index contributed by atoms with van der Waals surface area (Å²) in [4.78, 5) is 19.1. The maximum Gasteiger partial charge on any atom is 0.256 e. The van der Waals surface area contributed by atoms with Crippen molar-refractivity contribution >= 4 is 42.2 Å². The van der Waals surface area contributed by atoms with E-state index in [0.717, 1.165) is 20.2 Å². The number of pyridine rings is 1. The summed E-state index contributed by atoms with van der Waals surface area (Å²) in [7, 11) is 1.87. The van der Waals surface area contributed by atoms with E-state index < -0.39 is 32.6 Å². The van der Waals surface area contributed by atoms with E-state index in [1.807, 2.05) is 31.7 Å². The zero-order valence-electron chi connectivity index (χ0n) is 14.2. The van der Waals surface area contributed by atoms with Crippen molar-refractivity contribution in [3.8, 4) is 0 Å². The SMILES string of the molecule is C=Ic1cnc2c3c(cn2C)C(=O)N([C@H](C(C)C)C(C)(O)O)Cc13. The molecule has 3 rings (SSSR count). The Balaban J connectivity index is 2.23. The molecule has 0 unspecified atom stereocenters. The molecule has 7 heteroatoms. The summed E-state index contributed by atoms with van der Waals surface area (Å²) < 4.78 is 7.00. The van der Waals surface area contributed by atoms with Crippen LogP contribution in [0.1, 0.15) is 36.7 Å². The van der Waals surface area contributed by atoms with Crippen LogP contribution >= 0.6 is 20.7 Å². The highest BCUT2D eigenvalue weighted by Gasteiger charge is 2.42. The molecule has 0 aromatic carbocycles. The van der Waals surface area contributed by atoms with E-state index in [4.69, 9.17) is 0 Å². The molecule has 1 aliphatic rings. The number of carbonyl (C=O) groups is 1. The predicted molar refractivity (Wildman–Crippen MR) is 102 cm³/mol. The highest BCUT2D eigenvalue weighted by molar-refractivity contribution is 14.2. The molecule has 1 aliphatic heterocycles. The highest BCUT2D eigenvalue weighted by atomic mass is 127. The average Bonchev–Trinajstić information content (AvgIpc) is 2.81. The summed E-state index contributed by atoms with van der Waals surface area (Å²) in [6.45, 7) is 5.48. The Morgan fingerprint density at radius 3 is 2.62 bits per heavy atom. The van der Waals surface area contributed by atoms with Gasteiger partial charge in [-0.25, -0.2) is 4.98 Å². The van der Waals surface area contributed by atoms with Gasteiger partial charge >= 0.3 is 0 Å². The Morgan fingerprint density at radius 2 is 2.08 bits per heavy atom. The number of hydrogen-bond donors (Lipinski definition) is 2. The second-order valence-corrected chi connectivity index (χ2v) is 8.71. The number of halogens is 1. The Hall–Kier alpha value is -1.32. The van der Waals surface area contributed by atoms with Crippen LogP contribution in [0.3, 0.4) is 0 Å². The van der Waals surface area contributed by atoms with E-state index >= 15 is 0 Å². The Kier molecular flexibility index (Phi) is 4.29. The van der Waals surface area contributed by atoms with Crippen molar-refractivity contribution in [2.24, 2.45) is 13.0 Å². The molecule has 0 saturated carbocycles. The topological polar surface area (TPSA) is 78.6 Å². The van der Waals surface area contributed by atoms with Crippen LogP contribution in [0.4, 0.5) is 0 Å². The number of hydrogen-bond acceptors (Lipinski definition) is 4. The third kappa shape index (κ3) is 2.58. The predicted octanol–water partition coefficient (Wildman–Crippen LogP) is 1.83. The molecule has 0 saturated heterocycles. The van der Waals surface area contributed by atoms with Crippen molar-refractivity contribution in [3.63, 3.8) is 0 Å². The number of nitrogens with zero attached hydrogens (tertiary/aromatic N) is 3. The smallest absolute Gasteiger partial charge is 0.256 e. The molecule has 130 valence electrons. The molecule has 2 aromatic rings. The molecule has 0 aliphatic carbocycles. The summed E-state index contributed by atoms with van der Waals surface area (Å²) in [6, 6.07) is -0.697. The minimum absolute atomic E-state index is 0.102. The highest BCUT2D eigenvalue weighted by Crippen LogP contribution is 2.36. The van der Waals surface area contributed by atoms with E-state index in [2.05, 4.69) is 9.50 Å². The number of rotatable bonds is 4. The van der Waals surface area contributed by atoms with Gasteiger partial charge in [0, 0.05) is 34.9 Å². The van der Waals surface area contributed by atoms with E-state index in [1.54, 1.807) is 11.1 Å². The second-order valence-electron chi connectivity index (χ2n) is 6.79. The van der Waals surface area contributed by atoms with Crippen molar-refractivity contribution in [2.45, 2.75) is 39.1 Å². The van der Waals surface area contributed by atoms with Crippen LogP contribution in [0.2, 0.25) is 0 Å². The van der Waals surface area contributed by atoms with Gasteiger partial charge in [-0.15, -0.1) is 0 Å². The quantitative estimate of drug-likeness (QED) is 0.559. The van der Waals surface area contributed by atoms with Gasteiger partial charge < -0.3 is 19.7 Å². The summed E-state index contributed by atoms with van der Waals surface area (Å²) in [6.07, 6.45) is 3.63. The summed E-state index contributed by atoms with van der Waals surface area (Å²) in [5.74, 6) is -2.25. The fourth-order valence-electron chi connectivity index (χ4n) is 3.72. The van der Waals surface area contributed by atoms with Gasteiger partial charge in [0.2, 0.25) is 0 Å². The lowest BCUT2D eigenvalue weighted by Crippen LogP contribution is -2.56. The van der Waals surface area contributed by atoms with Crippen LogP contribution in [0.15, 0.2) is 12.4 Å². The molecule has 0 bridgehead atoms. The molecule has 24 heavy (non-hydrogen) atoms. The normalized spacial score (nSPS) is 16.3. The molecule has 1 atom stereocenters. The van der Waals surface area contributed by atoms with E-state index in [9.17, 15) is 15.0 Å². The summed E-state index contributed by atoms with van der Waals surface area (Å²) >= 11 is -0.446. The van der Waals surface area contributed by atoms with Crippen molar-refractivity contribution in [1.29, 1.82) is 0 Å². The second kappa shape index (κ2) is 5.89. The number of aliphatic hydroxyl groups is 2. The molecular weight excluding hydrogens is 421 g/mol. The Bertz CT molecular complexity index is 836. The van der Waals surface area contributed by atoms with Gasteiger partial charge in [0.05, 0.1) is 11.6 Å². The number of aryl methyl sites for hydroxylation is 1. The first kappa shape index (κ1) is 17.5. The maximum absolute atomic E-state index is 13.1. The van der Waals surface area contributed by atoms with Crippen molar-refractivity contribution in [3.05, 3.63) is 27.1 Å². The van der Waals surface area contributed by atoms with Gasteiger partial charge in [-0.2, -0.15) is 0 Å². The van der Waals surface area contributed by atoms with Crippen LogP contribution in [-0.4, -0.2) is 46.9 Å².